The average molecular weight is 447 g/mol. The van der Waals surface area contributed by atoms with E-state index in [2.05, 4.69) is 21.2 Å². The minimum Gasteiger partial charge on any atom is -0.493 e. The number of hydrogen-bond acceptors (Lipinski definition) is 4. The van der Waals surface area contributed by atoms with Crippen molar-refractivity contribution in [2.75, 3.05) is 13.7 Å². The standard InChI is InChI=1S/C19H22BrClFNO3/c1-19(2,11-24)23-9-14-15(20)6-7-17(25-3)18(14)26-10-12-4-5-13(22)8-16(12)21/h4-8,23-24H,9-11H2,1-3H3. The van der Waals surface area contributed by atoms with E-state index in [4.69, 9.17) is 21.1 Å². The van der Waals surface area contributed by atoms with Gasteiger partial charge >= 0.3 is 0 Å². The van der Waals surface area contributed by atoms with Crippen LogP contribution in [0.15, 0.2) is 34.8 Å². The topological polar surface area (TPSA) is 50.7 Å². The molecule has 26 heavy (non-hydrogen) atoms. The van der Waals surface area contributed by atoms with E-state index in [0.717, 1.165) is 10.0 Å². The number of rotatable bonds is 8. The van der Waals surface area contributed by atoms with Crippen LogP contribution in [0.1, 0.15) is 25.0 Å². The van der Waals surface area contributed by atoms with Crippen molar-refractivity contribution in [1.82, 2.24) is 5.32 Å². The predicted octanol–water partition coefficient (Wildman–Crippen LogP) is 4.69. The average Bonchev–Trinajstić information content (AvgIpc) is 2.60. The molecule has 0 aromatic heterocycles. The second-order valence-electron chi connectivity index (χ2n) is 6.48. The van der Waals surface area contributed by atoms with Crippen LogP contribution in [-0.2, 0) is 13.2 Å². The Bertz CT molecular complexity index is 771. The fourth-order valence-electron chi connectivity index (χ4n) is 2.24. The summed E-state index contributed by atoms with van der Waals surface area (Å²) in [5, 5.41) is 13.0. The normalized spacial score (nSPS) is 11.5. The molecule has 7 heteroatoms. The monoisotopic (exact) mass is 445 g/mol. The maximum Gasteiger partial charge on any atom is 0.167 e. The van der Waals surface area contributed by atoms with E-state index in [1.807, 2.05) is 19.9 Å². The van der Waals surface area contributed by atoms with Crippen LogP contribution in [0.4, 0.5) is 4.39 Å². The number of ether oxygens (including phenoxy) is 2. The highest BCUT2D eigenvalue weighted by Crippen LogP contribution is 2.37. The zero-order chi connectivity index (χ0) is 19.3. The molecule has 0 spiro atoms. The number of aliphatic hydroxyl groups excluding tert-OH is 1. The van der Waals surface area contributed by atoms with Gasteiger partial charge in [-0.2, -0.15) is 0 Å². The Kier molecular flexibility index (Phi) is 7.29. The van der Waals surface area contributed by atoms with E-state index in [-0.39, 0.29) is 13.2 Å². The third-order valence-electron chi connectivity index (χ3n) is 3.91. The molecular weight excluding hydrogens is 425 g/mol. The maximum absolute atomic E-state index is 13.2. The quantitative estimate of drug-likeness (QED) is 0.618. The molecule has 2 N–H and O–H groups in total. The van der Waals surface area contributed by atoms with Crippen molar-refractivity contribution in [3.63, 3.8) is 0 Å². The largest absolute Gasteiger partial charge is 0.493 e. The van der Waals surface area contributed by atoms with Gasteiger partial charge < -0.3 is 19.9 Å². The van der Waals surface area contributed by atoms with Crippen molar-refractivity contribution < 1.29 is 19.0 Å². The van der Waals surface area contributed by atoms with Crippen LogP contribution < -0.4 is 14.8 Å². The molecule has 2 aromatic rings. The van der Waals surface area contributed by atoms with Gasteiger partial charge in [-0.15, -0.1) is 0 Å². The van der Waals surface area contributed by atoms with Gasteiger partial charge in [-0.3, -0.25) is 0 Å². The fourth-order valence-corrected chi connectivity index (χ4v) is 2.91. The summed E-state index contributed by atoms with van der Waals surface area (Å²) in [5.74, 6) is 0.739. The lowest BCUT2D eigenvalue weighted by atomic mass is 10.1. The van der Waals surface area contributed by atoms with Crippen LogP contribution in [-0.4, -0.2) is 24.4 Å². The lowest BCUT2D eigenvalue weighted by molar-refractivity contribution is 0.186. The Morgan fingerprint density at radius 3 is 2.62 bits per heavy atom. The summed E-state index contributed by atoms with van der Waals surface area (Å²) in [6.45, 7) is 4.43. The van der Waals surface area contributed by atoms with Gasteiger partial charge in [0.2, 0.25) is 0 Å². The van der Waals surface area contributed by atoms with E-state index < -0.39 is 11.4 Å². The van der Waals surface area contributed by atoms with Crippen LogP contribution in [0.2, 0.25) is 5.02 Å². The van der Waals surface area contributed by atoms with Gasteiger partial charge in [0.25, 0.3) is 0 Å². The molecule has 0 aliphatic rings. The summed E-state index contributed by atoms with van der Waals surface area (Å²) in [6.07, 6.45) is 0. The molecule has 0 unspecified atom stereocenters. The molecule has 4 nitrogen and oxygen atoms in total. The summed E-state index contributed by atoms with van der Waals surface area (Å²) in [6, 6.07) is 7.86. The third-order valence-corrected chi connectivity index (χ3v) is 5.01. The first-order valence-electron chi connectivity index (χ1n) is 8.05. The molecule has 2 rings (SSSR count). The Morgan fingerprint density at radius 1 is 1.27 bits per heavy atom. The third kappa shape index (κ3) is 5.33. The van der Waals surface area contributed by atoms with Gasteiger partial charge in [0, 0.05) is 27.7 Å². The summed E-state index contributed by atoms with van der Waals surface area (Å²) < 4.78 is 25.5. The number of benzene rings is 2. The lowest BCUT2D eigenvalue weighted by Gasteiger charge is -2.25. The van der Waals surface area contributed by atoms with Crippen LogP contribution in [0.25, 0.3) is 0 Å². The molecule has 142 valence electrons. The van der Waals surface area contributed by atoms with Gasteiger partial charge in [-0.05, 0) is 38.1 Å². The number of nitrogens with one attached hydrogen (secondary N) is 1. The van der Waals surface area contributed by atoms with E-state index >= 15 is 0 Å². The second-order valence-corrected chi connectivity index (χ2v) is 7.74. The fraction of sp³-hybridized carbons (Fsp3) is 0.368. The SMILES string of the molecule is COc1ccc(Br)c(CNC(C)(C)CO)c1OCc1ccc(F)cc1Cl. The summed E-state index contributed by atoms with van der Waals surface area (Å²) >= 11 is 9.62. The zero-order valence-electron chi connectivity index (χ0n) is 14.9. The van der Waals surface area contributed by atoms with Crippen molar-refractivity contribution in [2.45, 2.75) is 32.5 Å². The molecule has 0 radical (unpaired) electrons. The van der Waals surface area contributed by atoms with Crippen molar-refractivity contribution in [2.24, 2.45) is 0 Å². The van der Waals surface area contributed by atoms with E-state index in [1.54, 1.807) is 19.2 Å². The highest BCUT2D eigenvalue weighted by atomic mass is 79.9. The van der Waals surface area contributed by atoms with Crippen molar-refractivity contribution in [3.05, 3.63) is 56.8 Å². The molecule has 0 saturated heterocycles. The summed E-state index contributed by atoms with van der Waals surface area (Å²) in [5.41, 5.74) is 1.08. The van der Waals surface area contributed by atoms with Gasteiger partial charge in [-0.1, -0.05) is 33.6 Å². The first-order valence-corrected chi connectivity index (χ1v) is 9.22. The number of hydrogen-bond donors (Lipinski definition) is 2. The molecule has 0 saturated carbocycles. The summed E-state index contributed by atoms with van der Waals surface area (Å²) in [4.78, 5) is 0. The molecule has 0 amide bonds. The molecule has 0 atom stereocenters. The molecular formula is C19H22BrClFNO3. The molecule has 0 aliphatic carbocycles. The second kappa shape index (κ2) is 9.04. The van der Waals surface area contributed by atoms with E-state index in [0.29, 0.717) is 28.6 Å². The van der Waals surface area contributed by atoms with Crippen LogP contribution in [0, 0.1) is 5.82 Å². The zero-order valence-corrected chi connectivity index (χ0v) is 17.2. The van der Waals surface area contributed by atoms with Crippen molar-refractivity contribution >= 4 is 27.5 Å². The predicted molar refractivity (Wildman–Crippen MR) is 104 cm³/mol. The molecule has 0 bridgehead atoms. The highest BCUT2D eigenvalue weighted by Gasteiger charge is 2.20. The molecule has 0 heterocycles. The van der Waals surface area contributed by atoms with Crippen LogP contribution in [0.3, 0.4) is 0 Å². The Morgan fingerprint density at radius 2 is 2.00 bits per heavy atom. The highest BCUT2D eigenvalue weighted by molar-refractivity contribution is 9.10. The van der Waals surface area contributed by atoms with Gasteiger partial charge in [0.1, 0.15) is 12.4 Å². The minimum atomic E-state index is -0.444. The van der Waals surface area contributed by atoms with E-state index in [9.17, 15) is 9.50 Å². The van der Waals surface area contributed by atoms with Crippen molar-refractivity contribution in [3.8, 4) is 11.5 Å². The Hall–Kier alpha value is -1.34. The first-order chi connectivity index (χ1) is 12.3. The molecule has 0 aliphatic heterocycles. The van der Waals surface area contributed by atoms with Gasteiger partial charge in [0.05, 0.1) is 18.7 Å². The maximum atomic E-state index is 13.2. The lowest BCUT2D eigenvalue weighted by Crippen LogP contribution is -2.42. The first kappa shape index (κ1) is 21.0. The smallest absolute Gasteiger partial charge is 0.167 e. The molecule has 2 aromatic carbocycles. The number of aliphatic hydroxyl groups is 1. The van der Waals surface area contributed by atoms with E-state index in [1.165, 1.54) is 12.1 Å². The van der Waals surface area contributed by atoms with Gasteiger partial charge in [0.15, 0.2) is 11.5 Å². The minimum absolute atomic E-state index is 0.00400. The number of halogens is 3. The Balaban J connectivity index is 2.28. The number of methoxy groups -OCH3 is 1. The van der Waals surface area contributed by atoms with Gasteiger partial charge in [-0.25, -0.2) is 4.39 Å². The Labute approximate surface area is 166 Å². The summed E-state index contributed by atoms with van der Waals surface area (Å²) in [7, 11) is 1.57. The molecule has 0 fully saturated rings. The van der Waals surface area contributed by atoms with Crippen LogP contribution >= 0.6 is 27.5 Å². The van der Waals surface area contributed by atoms with Crippen molar-refractivity contribution in [1.29, 1.82) is 0 Å². The van der Waals surface area contributed by atoms with Crippen LogP contribution in [0.5, 0.6) is 11.5 Å².